The molecule has 190 valence electrons. The van der Waals surface area contributed by atoms with Crippen LogP contribution in [0.3, 0.4) is 0 Å². The van der Waals surface area contributed by atoms with Crippen molar-refractivity contribution in [3.63, 3.8) is 0 Å². The van der Waals surface area contributed by atoms with Crippen LogP contribution >= 0.6 is 0 Å². The molecule has 0 aliphatic carbocycles. The van der Waals surface area contributed by atoms with E-state index < -0.39 is 17.6 Å². The standard InChI is InChI=1S/C24H26F2N5O.C2H4O2/c1-6-15-13-16(7-9-19(15)31(2,3)4)29-23-24-28-14-18(30(24)12-11-27-23)17-8-10-20(32-5)22(26)21(17)25;1-2(3)4/h7-14H,6H2,1-5H3,(H,27,29);1H3,(H,3,4)/q+1;. The van der Waals surface area contributed by atoms with Crippen molar-refractivity contribution in [3.8, 4) is 17.0 Å². The number of aromatic nitrogens is 3. The van der Waals surface area contributed by atoms with Crippen LogP contribution in [0, 0.1) is 11.6 Å². The van der Waals surface area contributed by atoms with Crippen LogP contribution in [-0.2, 0) is 11.2 Å². The number of ether oxygens (including phenoxy) is 1. The predicted octanol–water partition coefficient (Wildman–Crippen LogP) is 5.28. The van der Waals surface area contributed by atoms with Crippen molar-refractivity contribution in [1.82, 2.24) is 18.9 Å². The van der Waals surface area contributed by atoms with Gasteiger partial charge in [0.15, 0.2) is 23.0 Å². The highest BCUT2D eigenvalue weighted by atomic mass is 19.2. The fourth-order valence-corrected chi connectivity index (χ4v) is 3.83. The van der Waals surface area contributed by atoms with E-state index in [0.717, 1.165) is 23.5 Å². The fraction of sp³-hybridized carbons (Fsp3) is 0.269. The van der Waals surface area contributed by atoms with Gasteiger partial charge in [-0.3, -0.25) is 13.7 Å². The minimum atomic E-state index is -1.03. The lowest BCUT2D eigenvalue weighted by atomic mass is 10.1. The topological polar surface area (TPSA) is 88.8 Å². The van der Waals surface area contributed by atoms with Crippen molar-refractivity contribution in [2.45, 2.75) is 20.3 Å². The zero-order valence-corrected chi connectivity index (χ0v) is 21.1. The second-order valence-corrected chi connectivity index (χ2v) is 8.91. The third kappa shape index (κ3) is 5.60. The highest BCUT2D eigenvalue weighted by Crippen LogP contribution is 2.32. The van der Waals surface area contributed by atoms with Gasteiger partial charge in [-0.15, -0.1) is 0 Å². The number of hydrogen-bond acceptors (Lipinski definition) is 5. The zero-order valence-electron chi connectivity index (χ0n) is 21.1. The van der Waals surface area contributed by atoms with E-state index in [-0.39, 0.29) is 11.3 Å². The molecule has 0 unspecified atom stereocenters. The molecule has 0 fully saturated rings. The molecule has 0 aliphatic rings. The molecule has 10 heteroatoms. The van der Waals surface area contributed by atoms with Crippen molar-refractivity contribution in [1.29, 1.82) is 0 Å². The molecule has 0 atom stereocenters. The second kappa shape index (κ2) is 10.7. The summed E-state index contributed by atoms with van der Waals surface area (Å²) >= 11 is 0. The molecule has 2 aromatic carbocycles. The van der Waals surface area contributed by atoms with Crippen LogP contribution in [0.15, 0.2) is 48.9 Å². The summed E-state index contributed by atoms with van der Waals surface area (Å²) in [7, 11) is 7.71. The Morgan fingerprint density at radius 3 is 2.44 bits per heavy atom. The molecule has 0 saturated carbocycles. The average molecular weight is 499 g/mol. The zero-order chi connectivity index (χ0) is 26.6. The van der Waals surface area contributed by atoms with Gasteiger partial charge in [-0.1, -0.05) is 6.92 Å². The molecule has 0 radical (unpaired) electrons. The molecule has 2 aromatic heterocycles. The maximum Gasteiger partial charge on any atom is 0.300 e. The first-order valence-electron chi connectivity index (χ1n) is 11.2. The van der Waals surface area contributed by atoms with Gasteiger partial charge in [-0.2, -0.15) is 4.39 Å². The van der Waals surface area contributed by atoms with E-state index in [4.69, 9.17) is 14.6 Å². The van der Waals surface area contributed by atoms with Crippen molar-refractivity contribution in [2.75, 3.05) is 33.6 Å². The molecule has 8 nitrogen and oxygen atoms in total. The minimum absolute atomic E-state index is 0.0912. The molecule has 0 aliphatic heterocycles. The normalized spacial score (nSPS) is 11.1. The van der Waals surface area contributed by atoms with E-state index in [1.807, 2.05) is 6.07 Å². The maximum absolute atomic E-state index is 14.7. The van der Waals surface area contributed by atoms with E-state index >= 15 is 0 Å². The molecule has 0 spiro atoms. The number of carbonyl (C=O) groups is 1. The van der Waals surface area contributed by atoms with Crippen molar-refractivity contribution in [2.24, 2.45) is 0 Å². The first-order chi connectivity index (χ1) is 17.0. The van der Waals surface area contributed by atoms with Gasteiger partial charge in [0.05, 0.1) is 40.1 Å². The summed E-state index contributed by atoms with van der Waals surface area (Å²) < 4.78 is 36.2. The summed E-state index contributed by atoms with van der Waals surface area (Å²) in [6.45, 7) is 3.21. The van der Waals surface area contributed by atoms with Crippen LogP contribution in [0.4, 0.5) is 26.0 Å². The molecule has 2 heterocycles. The number of imidazole rings is 1. The Kier molecular flexibility index (Phi) is 7.89. The Hall–Kier alpha value is -4.05. The quantitative estimate of drug-likeness (QED) is 0.352. The average Bonchev–Trinajstić information content (AvgIpc) is 3.24. The molecular formula is C26H30F2N5O3+. The van der Waals surface area contributed by atoms with Crippen molar-refractivity contribution >= 4 is 28.8 Å². The minimum Gasteiger partial charge on any atom is -0.494 e. The molecule has 0 saturated heterocycles. The van der Waals surface area contributed by atoms with Gasteiger partial charge in [0.2, 0.25) is 5.82 Å². The van der Waals surface area contributed by atoms with Gasteiger partial charge in [-0.05, 0) is 30.7 Å². The predicted molar refractivity (Wildman–Crippen MR) is 137 cm³/mol. The maximum atomic E-state index is 14.7. The van der Waals surface area contributed by atoms with Crippen LogP contribution in [0.25, 0.3) is 16.9 Å². The number of rotatable bonds is 6. The van der Waals surface area contributed by atoms with E-state index in [2.05, 4.69) is 55.5 Å². The van der Waals surface area contributed by atoms with Gasteiger partial charge in [0, 0.05) is 42.2 Å². The molecule has 0 bridgehead atoms. The summed E-state index contributed by atoms with van der Waals surface area (Å²) in [5, 5.41) is 10.7. The summed E-state index contributed by atoms with van der Waals surface area (Å²) in [5.74, 6) is -2.47. The van der Waals surface area contributed by atoms with Crippen molar-refractivity contribution < 1.29 is 23.4 Å². The van der Waals surface area contributed by atoms with E-state index in [9.17, 15) is 8.78 Å². The van der Waals surface area contributed by atoms with Crippen LogP contribution in [0.1, 0.15) is 19.4 Å². The van der Waals surface area contributed by atoms with Crippen molar-refractivity contribution in [3.05, 3.63) is 66.1 Å². The monoisotopic (exact) mass is 498 g/mol. The SMILES string of the molecule is CC(=O)O.CCc1cc(Nc2nccn3c(-c4ccc(OC)c(F)c4F)cnc23)ccc1[N+](C)(C)C. The third-order valence-corrected chi connectivity index (χ3v) is 5.42. The number of quaternary nitrogens is 1. The first kappa shape index (κ1) is 26.6. The third-order valence-electron chi connectivity index (χ3n) is 5.42. The fourth-order valence-electron chi connectivity index (χ4n) is 3.83. The van der Waals surface area contributed by atoms with Crippen LogP contribution in [0.5, 0.6) is 5.75 Å². The number of carboxylic acids is 1. The summed E-state index contributed by atoms with van der Waals surface area (Å²) in [5.41, 5.74) is 4.36. The molecule has 4 rings (SSSR count). The number of fused-ring (bicyclic) bond motifs is 1. The number of methoxy groups -OCH3 is 1. The number of benzene rings is 2. The first-order valence-corrected chi connectivity index (χ1v) is 11.2. The number of halogens is 2. The number of aryl methyl sites for hydroxylation is 1. The largest absolute Gasteiger partial charge is 0.494 e. The number of anilines is 2. The lowest BCUT2D eigenvalue weighted by Gasteiger charge is -2.26. The van der Waals surface area contributed by atoms with Crippen LogP contribution in [0.2, 0.25) is 0 Å². The second-order valence-electron chi connectivity index (χ2n) is 8.91. The van der Waals surface area contributed by atoms with Gasteiger partial charge in [-0.25, -0.2) is 14.4 Å². The highest BCUT2D eigenvalue weighted by Gasteiger charge is 2.20. The number of aliphatic carboxylic acids is 1. The summed E-state index contributed by atoms with van der Waals surface area (Å²) in [4.78, 5) is 17.8. The van der Waals surface area contributed by atoms with Gasteiger partial charge in [0.1, 0.15) is 5.69 Å². The summed E-state index contributed by atoms with van der Waals surface area (Å²) in [6.07, 6.45) is 5.67. The smallest absolute Gasteiger partial charge is 0.300 e. The van der Waals surface area contributed by atoms with Gasteiger partial charge >= 0.3 is 0 Å². The number of nitrogens with zero attached hydrogens (tertiary/aromatic N) is 4. The Bertz CT molecular complexity index is 1390. The molecule has 36 heavy (non-hydrogen) atoms. The molecule has 2 N–H and O–H groups in total. The van der Waals surface area contributed by atoms with Gasteiger partial charge < -0.3 is 15.2 Å². The molecular weight excluding hydrogens is 468 g/mol. The Morgan fingerprint density at radius 1 is 1.14 bits per heavy atom. The Balaban J connectivity index is 0.000000840. The Morgan fingerprint density at radius 2 is 1.83 bits per heavy atom. The lowest BCUT2D eigenvalue weighted by molar-refractivity contribution is -0.134. The number of carboxylic acid groups (broad SMARTS) is 1. The van der Waals surface area contributed by atoms with Crippen LogP contribution < -0.4 is 14.5 Å². The number of hydrogen-bond donors (Lipinski definition) is 2. The van der Waals surface area contributed by atoms with E-state index in [0.29, 0.717) is 17.2 Å². The van der Waals surface area contributed by atoms with E-state index in [1.54, 1.807) is 16.8 Å². The van der Waals surface area contributed by atoms with Crippen LogP contribution in [-0.4, -0.2) is 53.7 Å². The van der Waals surface area contributed by atoms with Gasteiger partial charge in [0.25, 0.3) is 5.97 Å². The Labute approximate surface area is 208 Å². The van der Waals surface area contributed by atoms with E-state index in [1.165, 1.54) is 36.7 Å². The molecule has 0 amide bonds. The summed E-state index contributed by atoms with van der Waals surface area (Å²) in [6, 6.07) is 9.09. The molecule has 4 aromatic rings. The lowest BCUT2D eigenvalue weighted by Crippen LogP contribution is -2.35. The highest BCUT2D eigenvalue weighted by molar-refractivity contribution is 5.75. The number of nitrogens with one attached hydrogen (secondary N) is 1.